The van der Waals surface area contributed by atoms with Gasteiger partial charge < -0.3 is 19.5 Å². The Balaban J connectivity index is 3.80. The van der Waals surface area contributed by atoms with E-state index in [1.54, 1.807) is 6.92 Å². The van der Waals surface area contributed by atoms with Crippen molar-refractivity contribution in [2.45, 2.75) is 46.3 Å². The second kappa shape index (κ2) is 9.30. The van der Waals surface area contributed by atoms with Crippen LogP contribution in [0.1, 0.15) is 34.6 Å². The fourth-order valence-electron chi connectivity index (χ4n) is 1.31. The molecule has 0 spiro atoms. The number of carbonyl (C=O) groups excluding carboxylic acids is 1. The summed E-state index contributed by atoms with van der Waals surface area (Å²) in [5.41, 5.74) is -0.161. The number of nitrogens with one attached hydrogen (secondary N) is 1. The lowest BCUT2D eigenvalue weighted by Gasteiger charge is -2.20. The highest BCUT2D eigenvalue weighted by Crippen LogP contribution is 2.05. The summed E-state index contributed by atoms with van der Waals surface area (Å²) in [4.78, 5) is 11.6. The predicted octanol–water partition coefficient (Wildman–Crippen LogP) is 1.36. The first-order chi connectivity index (χ1) is 8.40. The molecule has 108 valence electrons. The van der Waals surface area contributed by atoms with E-state index in [2.05, 4.69) is 5.32 Å². The van der Waals surface area contributed by atoms with Crippen molar-refractivity contribution in [2.24, 2.45) is 0 Å². The Morgan fingerprint density at radius 2 is 1.89 bits per heavy atom. The summed E-state index contributed by atoms with van der Waals surface area (Å²) in [5, 5.41) is 3.03. The molecule has 1 N–H and O–H groups in total. The Hall–Kier alpha value is -0.650. The van der Waals surface area contributed by atoms with Crippen molar-refractivity contribution in [3.8, 4) is 0 Å². The van der Waals surface area contributed by atoms with Gasteiger partial charge in [-0.1, -0.05) is 6.92 Å². The van der Waals surface area contributed by atoms with Gasteiger partial charge in [0.15, 0.2) is 0 Å². The lowest BCUT2D eigenvalue weighted by atomic mass is 10.2. The lowest BCUT2D eigenvalue weighted by Crippen LogP contribution is -2.42. The fraction of sp³-hybridized carbons (Fsp3) is 0.923. The van der Waals surface area contributed by atoms with E-state index in [4.69, 9.17) is 14.2 Å². The lowest BCUT2D eigenvalue weighted by molar-refractivity contribution is -0.147. The molecule has 0 aromatic carbocycles. The van der Waals surface area contributed by atoms with Crippen molar-refractivity contribution in [3.05, 3.63) is 0 Å². The third-order valence-corrected chi connectivity index (χ3v) is 2.07. The monoisotopic (exact) mass is 261 g/mol. The minimum Gasteiger partial charge on any atom is -0.465 e. The van der Waals surface area contributed by atoms with E-state index < -0.39 is 6.04 Å². The minimum absolute atomic E-state index is 0.161. The van der Waals surface area contributed by atoms with E-state index in [9.17, 15) is 4.79 Å². The van der Waals surface area contributed by atoms with Gasteiger partial charge in [-0.15, -0.1) is 0 Å². The molecule has 0 heterocycles. The predicted molar refractivity (Wildman–Crippen MR) is 70.6 cm³/mol. The molecule has 0 amide bonds. The zero-order valence-corrected chi connectivity index (χ0v) is 12.2. The molecule has 0 aliphatic heterocycles. The van der Waals surface area contributed by atoms with Crippen LogP contribution in [0.15, 0.2) is 0 Å². The van der Waals surface area contributed by atoms with Crippen molar-refractivity contribution in [3.63, 3.8) is 0 Å². The number of hydrogen-bond donors (Lipinski definition) is 1. The molecule has 0 aliphatic carbocycles. The highest BCUT2D eigenvalue weighted by Gasteiger charge is 2.18. The molecule has 0 rings (SSSR count). The van der Waals surface area contributed by atoms with Gasteiger partial charge >= 0.3 is 5.97 Å². The topological polar surface area (TPSA) is 56.8 Å². The average Bonchev–Trinajstić information content (AvgIpc) is 2.26. The van der Waals surface area contributed by atoms with Gasteiger partial charge in [0.05, 0.1) is 32.0 Å². The normalized spacial score (nSPS) is 13.4. The van der Waals surface area contributed by atoms with Gasteiger partial charge in [0.25, 0.3) is 0 Å². The first kappa shape index (κ1) is 17.4. The van der Waals surface area contributed by atoms with Crippen molar-refractivity contribution >= 4 is 5.97 Å². The number of rotatable bonds is 9. The van der Waals surface area contributed by atoms with Gasteiger partial charge in [0.2, 0.25) is 0 Å². The Bertz CT molecular complexity index is 226. The maximum absolute atomic E-state index is 11.6. The molecule has 1 atom stereocenters. The Morgan fingerprint density at radius 1 is 1.22 bits per heavy atom. The van der Waals surface area contributed by atoms with Crippen LogP contribution in [0.25, 0.3) is 0 Å². The van der Waals surface area contributed by atoms with Crippen LogP contribution < -0.4 is 5.32 Å². The number of likely N-dealkylation sites (N-methyl/N-ethyl adjacent to an activating group) is 1. The third kappa shape index (κ3) is 9.39. The molecule has 0 saturated heterocycles. The molecule has 0 bridgehead atoms. The standard InChI is InChI=1S/C13H27NO4/c1-6-14-11(12(15)17-7-2)10-16-8-9-18-13(3,4)5/h11,14H,6-10H2,1-5H3. The Labute approximate surface area is 110 Å². The molecule has 5 heteroatoms. The van der Waals surface area contributed by atoms with E-state index in [-0.39, 0.29) is 11.6 Å². The summed E-state index contributed by atoms with van der Waals surface area (Å²) in [6.07, 6.45) is 0. The van der Waals surface area contributed by atoms with Gasteiger partial charge in [0, 0.05) is 0 Å². The molecule has 0 aliphatic rings. The summed E-state index contributed by atoms with van der Waals surface area (Å²) < 4.78 is 15.9. The van der Waals surface area contributed by atoms with Crippen molar-refractivity contribution < 1.29 is 19.0 Å². The van der Waals surface area contributed by atoms with Crippen LogP contribution in [0.3, 0.4) is 0 Å². The molecule has 0 saturated carbocycles. The van der Waals surface area contributed by atoms with E-state index in [1.807, 2.05) is 27.7 Å². The molecule has 18 heavy (non-hydrogen) atoms. The average molecular weight is 261 g/mol. The van der Waals surface area contributed by atoms with Crippen molar-refractivity contribution in [2.75, 3.05) is 33.0 Å². The molecule has 0 aromatic heterocycles. The summed E-state index contributed by atoms with van der Waals surface area (Å²) >= 11 is 0. The third-order valence-electron chi connectivity index (χ3n) is 2.07. The van der Waals surface area contributed by atoms with Crippen LogP contribution >= 0.6 is 0 Å². The van der Waals surface area contributed by atoms with Gasteiger partial charge in [-0.2, -0.15) is 0 Å². The Kier molecular flexibility index (Phi) is 8.97. The highest BCUT2D eigenvalue weighted by molar-refractivity contribution is 5.75. The summed E-state index contributed by atoms with van der Waals surface area (Å²) in [7, 11) is 0. The molecule has 0 aromatic rings. The highest BCUT2D eigenvalue weighted by atomic mass is 16.5. The molecule has 5 nitrogen and oxygen atoms in total. The molecular formula is C13H27NO4. The van der Waals surface area contributed by atoms with Gasteiger partial charge in [-0.3, -0.25) is 4.79 Å². The number of esters is 1. The fourth-order valence-corrected chi connectivity index (χ4v) is 1.31. The van der Waals surface area contributed by atoms with Crippen LogP contribution in [0, 0.1) is 0 Å². The number of ether oxygens (including phenoxy) is 3. The first-order valence-electron chi connectivity index (χ1n) is 6.52. The summed E-state index contributed by atoms with van der Waals surface area (Å²) in [6.45, 7) is 12.1. The minimum atomic E-state index is -0.399. The van der Waals surface area contributed by atoms with Gasteiger partial charge in [-0.25, -0.2) is 0 Å². The second-order valence-electron chi connectivity index (χ2n) is 4.90. The van der Waals surface area contributed by atoms with Gasteiger partial charge in [0.1, 0.15) is 6.04 Å². The van der Waals surface area contributed by atoms with Gasteiger partial charge in [-0.05, 0) is 34.2 Å². The van der Waals surface area contributed by atoms with Crippen LogP contribution in [-0.4, -0.2) is 50.6 Å². The summed E-state index contributed by atoms with van der Waals surface area (Å²) in [5.74, 6) is -0.268. The maximum atomic E-state index is 11.6. The molecule has 1 unspecified atom stereocenters. The zero-order valence-electron chi connectivity index (χ0n) is 12.2. The van der Waals surface area contributed by atoms with Crippen LogP contribution in [0.5, 0.6) is 0 Å². The second-order valence-corrected chi connectivity index (χ2v) is 4.90. The Morgan fingerprint density at radius 3 is 2.39 bits per heavy atom. The maximum Gasteiger partial charge on any atom is 0.325 e. The first-order valence-corrected chi connectivity index (χ1v) is 6.52. The van der Waals surface area contributed by atoms with E-state index in [1.165, 1.54) is 0 Å². The SMILES string of the molecule is CCNC(COCCOC(C)(C)C)C(=O)OCC. The van der Waals surface area contributed by atoms with Crippen molar-refractivity contribution in [1.82, 2.24) is 5.32 Å². The zero-order chi connectivity index (χ0) is 14.0. The largest absolute Gasteiger partial charge is 0.465 e. The van der Waals surface area contributed by atoms with E-state index in [0.29, 0.717) is 33.0 Å². The molecule has 0 radical (unpaired) electrons. The van der Waals surface area contributed by atoms with E-state index in [0.717, 1.165) is 0 Å². The molecular weight excluding hydrogens is 234 g/mol. The summed E-state index contributed by atoms with van der Waals surface area (Å²) in [6, 6.07) is -0.399. The number of hydrogen-bond acceptors (Lipinski definition) is 5. The molecule has 0 fully saturated rings. The van der Waals surface area contributed by atoms with Crippen molar-refractivity contribution in [1.29, 1.82) is 0 Å². The van der Waals surface area contributed by atoms with Crippen LogP contribution in [-0.2, 0) is 19.0 Å². The van der Waals surface area contributed by atoms with Crippen LogP contribution in [0.2, 0.25) is 0 Å². The number of carbonyl (C=O) groups is 1. The smallest absolute Gasteiger partial charge is 0.325 e. The van der Waals surface area contributed by atoms with E-state index >= 15 is 0 Å². The van der Waals surface area contributed by atoms with Crippen LogP contribution in [0.4, 0.5) is 0 Å². The quantitative estimate of drug-likeness (QED) is 0.501.